The lowest BCUT2D eigenvalue weighted by Gasteiger charge is -1.98. The lowest BCUT2D eigenvalue weighted by atomic mass is 10.2. The number of hydrogen-bond acceptors (Lipinski definition) is 4. The van der Waals surface area contributed by atoms with E-state index in [0.29, 0.717) is 16.7 Å². The summed E-state index contributed by atoms with van der Waals surface area (Å²) in [5.41, 5.74) is 0.425. The highest BCUT2D eigenvalue weighted by molar-refractivity contribution is 8.13. The van der Waals surface area contributed by atoms with Crippen molar-refractivity contribution in [3.63, 3.8) is 0 Å². The molecule has 15 heavy (non-hydrogen) atoms. The van der Waals surface area contributed by atoms with Gasteiger partial charge in [0.2, 0.25) is 5.09 Å². The van der Waals surface area contributed by atoms with Crippen LogP contribution in [-0.4, -0.2) is 15.5 Å². The Hall–Kier alpha value is -1.20. The lowest BCUT2D eigenvalue weighted by molar-refractivity contribution is 0.419. The highest BCUT2D eigenvalue weighted by Crippen LogP contribution is 2.31. The number of halogens is 1. The summed E-state index contributed by atoms with van der Waals surface area (Å²) in [4.78, 5) is 0. The third kappa shape index (κ3) is 1.80. The standard InChI is InChI=1S/C9H7ClO4S/c1-13-7-3-2-4-8-6(7)5-9(14-8)15(10,11)12/h2-5H,1H3. The topological polar surface area (TPSA) is 56.5 Å². The monoisotopic (exact) mass is 246 g/mol. The summed E-state index contributed by atoms with van der Waals surface area (Å²) in [5.74, 6) is 0.544. The van der Waals surface area contributed by atoms with Crippen LogP contribution in [0.4, 0.5) is 0 Å². The van der Waals surface area contributed by atoms with Crippen LogP contribution >= 0.6 is 10.7 Å². The largest absolute Gasteiger partial charge is 0.496 e. The second-order valence-corrected chi connectivity index (χ2v) is 5.37. The smallest absolute Gasteiger partial charge is 0.294 e. The quantitative estimate of drug-likeness (QED) is 0.764. The van der Waals surface area contributed by atoms with Crippen LogP contribution in [0, 0.1) is 0 Å². The molecule has 6 heteroatoms. The maximum atomic E-state index is 11.0. The maximum absolute atomic E-state index is 11.0. The number of ether oxygens (including phenoxy) is 1. The van der Waals surface area contributed by atoms with E-state index in [9.17, 15) is 8.42 Å². The van der Waals surface area contributed by atoms with Crippen molar-refractivity contribution < 1.29 is 17.6 Å². The average molecular weight is 247 g/mol. The van der Waals surface area contributed by atoms with Gasteiger partial charge in [-0.2, -0.15) is 0 Å². The zero-order chi connectivity index (χ0) is 11.1. The van der Waals surface area contributed by atoms with Crippen molar-refractivity contribution in [3.8, 4) is 5.75 Å². The molecular formula is C9H7ClO4S. The van der Waals surface area contributed by atoms with Crippen LogP contribution in [0.15, 0.2) is 33.8 Å². The minimum absolute atomic E-state index is 0.274. The fourth-order valence-electron chi connectivity index (χ4n) is 1.31. The molecule has 0 aliphatic rings. The molecule has 0 radical (unpaired) electrons. The molecule has 1 heterocycles. The van der Waals surface area contributed by atoms with Gasteiger partial charge in [-0.05, 0) is 12.1 Å². The van der Waals surface area contributed by atoms with Crippen molar-refractivity contribution in [1.29, 1.82) is 0 Å². The number of methoxy groups -OCH3 is 1. The third-order valence-electron chi connectivity index (χ3n) is 1.96. The third-order valence-corrected chi connectivity index (χ3v) is 3.10. The van der Waals surface area contributed by atoms with Gasteiger partial charge >= 0.3 is 0 Å². The second kappa shape index (κ2) is 3.43. The Kier molecular flexibility index (Phi) is 2.36. The summed E-state index contributed by atoms with van der Waals surface area (Å²) < 4.78 is 32.2. The molecular weight excluding hydrogens is 240 g/mol. The van der Waals surface area contributed by atoms with Crippen molar-refractivity contribution in [1.82, 2.24) is 0 Å². The number of rotatable bonds is 2. The predicted molar refractivity (Wildman–Crippen MR) is 55.8 cm³/mol. The van der Waals surface area contributed by atoms with Crippen LogP contribution < -0.4 is 4.74 Å². The molecule has 0 saturated carbocycles. The zero-order valence-corrected chi connectivity index (χ0v) is 9.30. The van der Waals surface area contributed by atoms with Gasteiger partial charge in [-0.25, -0.2) is 8.42 Å². The first-order chi connectivity index (χ1) is 7.02. The zero-order valence-electron chi connectivity index (χ0n) is 7.73. The van der Waals surface area contributed by atoms with Gasteiger partial charge in [0.1, 0.15) is 11.3 Å². The predicted octanol–water partition coefficient (Wildman–Crippen LogP) is 2.37. The Morgan fingerprint density at radius 1 is 1.40 bits per heavy atom. The van der Waals surface area contributed by atoms with Crippen LogP contribution in [0.3, 0.4) is 0 Å². The Morgan fingerprint density at radius 2 is 2.13 bits per heavy atom. The SMILES string of the molecule is COc1cccc2oc(S(=O)(=O)Cl)cc12. The van der Waals surface area contributed by atoms with Gasteiger partial charge in [-0.3, -0.25) is 0 Å². The molecule has 1 aromatic heterocycles. The van der Waals surface area contributed by atoms with Crippen molar-refractivity contribution >= 4 is 30.7 Å². The van der Waals surface area contributed by atoms with Crippen molar-refractivity contribution in [3.05, 3.63) is 24.3 Å². The van der Waals surface area contributed by atoms with E-state index >= 15 is 0 Å². The minimum atomic E-state index is -3.84. The first-order valence-corrected chi connectivity index (χ1v) is 6.34. The normalized spacial score (nSPS) is 11.9. The molecule has 0 bridgehead atoms. The van der Waals surface area contributed by atoms with Gasteiger partial charge in [-0.15, -0.1) is 0 Å². The van der Waals surface area contributed by atoms with Crippen LogP contribution in [0.5, 0.6) is 5.75 Å². The molecule has 0 saturated heterocycles. The van der Waals surface area contributed by atoms with E-state index in [4.69, 9.17) is 19.8 Å². The Bertz CT molecular complexity index is 600. The second-order valence-electron chi connectivity index (χ2n) is 2.88. The number of fused-ring (bicyclic) bond motifs is 1. The summed E-state index contributed by atoms with van der Waals surface area (Å²) in [7, 11) is 2.82. The van der Waals surface area contributed by atoms with Crippen LogP contribution in [0.25, 0.3) is 11.0 Å². The molecule has 0 amide bonds. The van der Waals surface area contributed by atoms with Crippen LogP contribution in [0.2, 0.25) is 0 Å². The maximum Gasteiger partial charge on any atom is 0.294 e. The minimum Gasteiger partial charge on any atom is -0.496 e. The summed E-state index contributed by atoms with van der Waals surface area (Å²) in [5, 5.41) is 0.308. The molecule has 2 rings (SSSR count). The van der Waals surface area contributed by atoms with Crippen LogP contribution in [0.1, 0.15) is 0 Å². The Morgan fingerprint density at radius 3 is 2.73 bits per heavy atom. The lowest BCUT2D eigenvalue weighted by Crippen LogP contribution is -1.85. The first-order valence-electron chi connectivity index (χ1n) is 4.03. The molecule has 80 valence electrons. The Balaban J connectivity index is 2.76. The first kappa shape index (κ1) is 10.3. The Labute approximate surface area is 90.8 Å². The van der Waals surface area contributed by atoms with Gasteiger partial charge in [0.15, 0.2) is 0 Å². The number of furan rings is 1. The summed E-state index contributed by atoms with van der Waals surface area (Å²) in [6, 6.07) is 6.40. The van der Waals surface area contributed by atoms with Crippen LogP contribution in [-0.2, 0) is 9.05 Å². The molecule has 0 atom stereocenters. The molecule has 0 spiro atoms. The van der Waals surface area contributed by atoms with Gasteiger partial charge < -0.3 is 9.15 Å². The molecule has 0 aliphatic carbocycles. The van der Waals surface area contributed by atoms with Crippen molar-refractivity contribution in [2.24, 2.45) is 0 Å². The molecule has 0 fully saturated rings. The number of benzene rings is 1. The molecule has 0 aliphatic heterocycles. The van der Waals surface area contributed by atoms with E-state index in [-0.39, 0.29) is 5.09 Å². The van der Waals surface area contributed by atoms with Gasteiger partial charge in [0, 0.05) is 16.7 Å². The average Bonchev–Trinajstić information content (AvgIpc) is 2.59. The van der Waals surface area contributed by atoms with Gasteiger partial charge in [0.25, 0.3) is 9.05 Å². The van der Waals surface area contributed by atoms with Gasteiger partial charge in [0.05, 0.1) is 12.5 Å². The molecule has 2 aromatic rings. The fraction of sp³-hybridized carbons (Fsp3) is 0.111. The van der Waals surface area contributed by atoms with Gasteiger partial charge in [-0.1, -0.05) is 6.07 Å². The van der Waals surface area contributed by atoms with E-state index in [1.807, 2.05) is 0 Å². The van der Waals surface area contributed by atoms with E-state index in [1.54, 1.807) is 18.2 Å². The highest BCUT2D eigenvalue weighted by atomic mass is 35.7. The summed E-state index contributed by atoms with van der Waals surface area (Å²) in [6.45, 7) is 0. The van der Waals surface area contributed by atoms with Crippen molar-refractivity contribution in [2.75, 3.05) is 7.11 Å². The van der Waals surface area contributed by atoms with E-state index in [0.717, 1.165) is 0 Å². The number of hydrogen-bond donors (Lipinski definition) is 0. The highest BCUT2D eigenvalue weighted by Gasteiger charge is 2.17. The van der Waals surface area contributed by atoms with Crippen molar-refractivity contribution in [2.45, 2.75) is 5.09 Å². The summed E-state index contributed by atoms with van der Waals surface area (Å²) in [6.07, 6.45) is 0. The van der Waals surface area contributed by atoms with E-state index in [1.165, 1.54) is 13.2 Å². The molecule has 1 aromatic carbocycles. The molecule has 4 nitrogen and oxygen atoms in total. The molecule has 0 unspecified atom stereocenters. The van der Waals surface area contributed by atoms with E-state index < -0.39 is 9.05 Å². The molecule has 0 N–H and O–H groups in total. The summed E-state index contributed by atoms with van der Waals surface area (Å²) >= 11 is 0. The van der Waals surface area contributed by atoms with E-state index in [2.05, 4.69) is 0 Å². The fourth-order valence-corrected chi connectivity index (χ4v) is 1.99.